The summed E-state index contributed by atoms with van der Waals surface area (Å²) in [5.41, 5.74) is 5.77. The first-order valence-corrected chi connectivity index (χ1v) is 17.9. The van der Waals surface area contributed by atoms with Gasteiger partial charge in [0, 0.05) is 79.1 Å². The van der Waals surface area contributed by atoms with Gasteiger partial charge in [-0.25, -0.2) is 4.39 Å². The van der Waals surface area contributed by atoms with E-state index in [0.29, 0.717) is 85.1 Å². The van der Waals surface area contributed by atoms with Crippen LogP contribution in [0.2, 0.25) is 0 Å². The topological polar surface area (TPSA) is 98.5 Å². The van der Waals surface area contributed by atoms with E-state index in [1.54, 1.807) is 29.2 Å². The number of phenolic OH excluding ortho intramolecular Hbond substituents is 1. The Balaban J connectivity index is 1.22. The van der Waals surface area contributed by atoms with E-state index >= 15 is 4.39 Å². The van der Waals surface area contributed by atoms with Crippen LogP contribution in [0.15, 0.2) is 103 Å². The minimum atomic E-state index is -0.663. The van der Waals surface area contributed by atoms with Crippen LogP contribution in [-0.4, -0.2) is 81.4 Å². The second-order valence-electron chi connectivity index (χ2n) is 13.8. The van der Waals surface area contributed by atoms with Crippen molar-refractivity contribution in [2.24, 2.45) is 0 Å². The van der Waals surface area contributed by atoms with Crippen molar-refractivity contribution in [2.75, 3.05) is 37.7 Å². The van der Waals surface area contributed by atoms with E-state index in [-0.39, 0.29) is 30.0 Å². The first-order chi connectivity index (χ1) is 25.3. The maximum Gasteiger partial charge on any atom is 0.264 e. The number of carbonyl (C=O) groups is 2. The van der Waals surface area contributed by atoms with E-state index in [1.807, 2.05) is 51.9 Å². The molecule has 9 nitrogen and oxygen atoms in total. The number of halogens is 1. The highest BCUT2D eigenvalue weighted by Crippen LogP contribution is 2.38. The Hall–Kier alpha value is -5.29. The van der Waals surface area contributed by atoms with Gasteiger partial charge < -0.3 is 24.4 Å². The van der Waals surface area contributed by atoms with Crippen LogP contribution < -0.4 is 4.90 Å². The van der Waals surface area contributed by atoms with Crippen LogP contribution in [0.3, 0.4) is 0 Å². The van der Waals surface area contributed by atoms with E-state index < -0.39 is 11.9 Å². The summed E-state index contributed by atoms with van der Waals surface area (Å²) < 4.78 is 22.8. The highest BCUT2D eigenvalue weighted by atomic mass is 19.1. The van der Waals surface area contributed by atoms with Crippen LogP contribution in [0.25, 0.3) is 11.3 Å². The van der Waals surface area contributed by atoms with Crippen molar-refractivity contribution in [3.63, 3.8) is 0 Å². The van der Waals surface area contributed by atoms with Gasteiger partial charge in [-0.2, -0.15) is 0 Å². The summed E-state index contributed by atoms with van der Waals surface area (Å²) >= 11 is 0. The number of nitrogens with zero attached hydrogens (tertiary/aromatic N) is 4. The Morgan fingerprint density at radius 2 is 1.52 bits per heavy atom. The lowest BCUT2D eigenvalue weighted by molar-refractivity contribution is 0.0193. The zero-order valence-corrected chi connectivity index (χ0v) is 28.8. The summed E-state index contributed by atoms with van der Waals surface area (Å²) in [7, 11) is 0. The molecular formula is C42H41FN4O5. The number of hydrogen-bond donors (Lipinski definition) is 2. The Morgan fingerprint density at radius 3 is 2.29 bits per heavy atom. The maximum atomic E-state index is 15.3. The molecule has 1 saturated heterocycles. The third kappa shape index (κ3) is 6.61. The van der Waals surface area contributed by atoms with Crippen LogP contribution in [-0.2, 0) is 30.7 Å². The molecule has 0 saturated carbocycles. The summed E-state index contributed by atoms with van der Waals surface area (Å²) in [5, 5.41) is 20.9. The molecule has 0 spiro atoms. The molecule has 3 aliphatic rings. The Kier molecular flexibility index (Phi) is 9.36. The lowest BCUT2D eigenvalue weighted by atomic mass is 9.92. The van der Waals surface area contributed by atoms with Crippen LogP contribution in [0.1, 0.15) is 44.0 Å². The first kappa shape index (κ1) is 33.8. The molecule has 5 aromatic rings. The Bertz CT molecular complexity index is 2090. The van der Waals surface area contributed by atoms with E-state index in [9.17, 15) is 19.8 Å². The molecule has 10 heteroatoms. The number of aromatic nitrogens is 1. The van der Waals surface area contributed by atoms with Gasteiger partial charge in [-0.1, -0.05) is 42.5 Å². The molecule has 0 aliphatic carbocycles. The number of ether oxygens (including phenoxy) is 1. The number of hydrogen-bond acceptors (Lipinski definition) is 6. The number of aliphatic hydroxyl groups excluding tert-OH is 1. The molecule has 8 rings (SSSR count). The second-order valence-corrected chi connectivity index (χ2v) is 13.8. The van der Waals surface area contributed by atoms with Crippen molar-refractivity contribution in [1.82, 2.24) is 14.4 Å². The minimum Gasteiger partial charge on any atom is -0.508 e. The number of phenols is 1. The molecule has 1 unspecified atom stereocenters. The fraction of sp³-hybridized carbons (Fsp3) is 0.286. The molecular weight excluding hydrogens is 659 g/mol. The van der Waals surface area contributed by atoms with E-state index in [0.717, 1.165) is 18.7 Å². The van der Waals surface area contributed by atoms with Crippen molar-refractivity contribution in [3.8, 4) is 17.0 Å². The molecule has 52 heavy (non-hydrogen) atoms. The number of rotatable bonds is 7. The number of aromatic hydroxyl groups is 1. The molecule has 0 bridgehead atoms. The van der Waals surface area contributed by atoms with Crippen LogP contribution in [0.4, 0.5) is 15.8 Å². The highest BCUT2D eigenvalue weighted by molar-refractivity contribution is 6.12. The number of amides is 2. The summed E-state index contributed by atoms with van der Waals surface area (Å²) in [6, 6.07) is 29.7. The third-order valence-electron chi connectivity index (χ3n) is 10.6. The van der Waals surface area contributed by atoms with Crippen molar-refractivity contribution < 1.29 is 28.9 Å². The summed E-state index contributed by atoms with van der Waals surface area (Å²) in [4.78, 5) is 35.4. The van der Waals surface area contributed by atoms with Crippen molar-refractivity contribution in [3.05, 3.63) is 137 Å². The van der Waals surface area contributed by atoms with Gasteiger partial charge in [-0.3, -0.25) is 19.4 Å². The Morgan fingerprint density at radius 1 is 0.808 bits per heavy atom. The van der Waals surface area contributed by atoms with Gasteiger partial charge in [0.25, 0.3) is 11.8 Å². The highest BCUT2D eigenvalue weighted by Gasteiger charge is 2.35. The molecule has 2 N–H and O–H groups in total. The standard InChI is InChI=1S/C42H41FN4O5/c43-30-10-15-36(41(50)46-26-29-7-5-4-6-28(29)22-33(46)27-44-18-20-52-21-19-44)37(23-30)40-25-38(39-24-35(49)16-17-45(39)40)42(51)47(31-8-2-1-3-9-31)32-11-13-34(48)14-12-32/h1-15,23,25,33,35,48-49H,16-22,24,26-27H2/t33-,35?/m0/s1. The molecule has 1 aromatic heterocycles. The smallest absolute Gasteiger partial charge is 0.264 e. The zero-order chi connectivity index (χ0) is 35.8. The second kappa shape index (κ2) is 14.4. The summed E-state index contributed by atoms with van der Waals surface area (Å²) in [6.45, 7) is 4.43. The van der Waals surface area contributed by atoms with E-state index in [2.05, 4.69) is 17.0 Å². The summed E-state index contributed by atoms with van der Waals surface area (Å²) in [6.07, 6.45) is 0.719. The number of anilines is 2. The van der Waals surface area contributed by atoms with Crippen molar-refractivity contribution in [2.45, 2.75) is 44.5 Å². The van der Waals surface area contributed by atoms with Gasteiger partial charge in [0.2, 0.25) is 0 Å². The maximum absolute atomic E-state index is 15.3. The predicted molar refractivity (Wildman–Crippen MR) is 196 cm³/mol. The lowest BCUT2D eigenvalue weighted by Gasteiger charge is -2.40. The largest absolute Gasteiger partial charge is 0.508 e. The first-order valence-electron chi connectivity index (χ1n) is 17.9. The lowest BCUT2D eigenvalue weighted by Crippen LogP contribution is -2.52. The van der Waals surface area contributed by atoms with Crippen LogP contribution in [0.5, 0.6) is 5.75 Å². The number of fused-ring (bicyclic) bond motifs is 2. The van der Waals surface area contributed by atoms with Gasteiger partial charge in [-0.15, -0.1) is 0 Å². The molecule has 0 radical (unpaired) electrons. The fourth-order valence-corrected chi connectivity index (χ4v) is 7.90. The molecule has 3 aliphatic heterocycles. The van der Waals surface area contributed by atoms with E-state index in [1.165, 1.54) is 29.8 Å². The zero-order valence-electron chi connectivity index (χ0n) is 28.8. The third-order valence-corrected chi connectivity index (χ3v) is 10.6. The summed E-state index contributed by atoms with van der Waals surface area (Å²) in [5.74, 6) is -0.959. The number of para-hydroxylation sites is 1. The number of benzene rings is 4. The molecule has 4 aromatic carbocycles. The molecule has 2 amide bonds. The SMILES string of the molecule is O=C(c1cc(-c2cc(F)ccc2C(=O)N2Cc3ccccc3C[C@H]2CN2CCOCC2)n2c1CC(O)CC2)N(c1ccccc1)c1ccc(O)cc1. The van der Waals surface area contributed by atoms with Crippen molar-refractivity contribution in [1.29, 1.82) is 0 Å². The Labute approximate surface area is 302 Å². The molecule has 266 valence electrons. The van der Waals surface area contributed by atoms with Crippen LogP contribution in [0, 0.1) is 5.82 Å². The van der Waals surface area contributed by atoms with Gasteiger partial charge in [0.15, 0.2) is 0 Å². The van der Waals surface area contributed by atoms with Gasteiger partial charge in [0.05, 0.1) is 24.9 Å². The molecule has 4 heterocycles. The number of carbonyl (C=O) groups excluding carboxylic acids is 2. The average molecular weight is 701 g/mol. The number of aliphatic hydroxyl groups is 1. The monoisotopic (exact) mass is 700 g/mol. The predicted octanol–water partition coefficient (Wildman–Crippen LogP) is 6.18. The van der Waals surface area contributed by atoms with Gasteiger partial charge in [0.1, 0.15) is 11.6 Å². The fourth-order valence-electron chi connectivity index (χ4n) is 7.90. The quantitative estimate of drug-likeness (QED) is 0.211. The van der Waals surface area contributed by atoms with Crippen molar-refractivity contribution >= 4 is 23.2 Å². The van der Waals surface area contributed by atoms with Crippen LogP contribution >= 0.6 is 0 Å². The minimum absolute atomic E-state index is 0.0727. The van der Waals surface area contributed by atoms with Gasteiger partial charge in [-0.05, 0) is 84.6 Å². The van der Waals surface area contributed by atoms with E-state index in [4.69, 9.17) is 4.74 Å². The normalized spacial score (nSPS) is 18.8. The average Bonchev–Trinajstić information content (AvgIpc) is 3.54. The molecule has 1 fully saturated rings. The van der Waals surface area contributed by atoms with Gasteiger partial charge >= 0.3 is 0 Å². The molecule has 2 atom stereocenters. The number of morpholine rings is 1.